The number of aryl methyl sites for hydroxylation is 1. The number of nitrogens with one attached hydrogen (secondary N) is 1. The van der Waals surface area contributed by atoms with E-state index in [9.17, 15) is 13.6 Å². The minimum absolute atomic E-state index is 0.0164. The molecule has 144 valence electrons. The highest BCUT2D eigenvalue weighted by molar-refractivity contribution is 5.79. The third-order valence-corrected chi connectivity index (χ3v) is 5.62. The number of nitrogens with zero attached hydrogens (tertiary/aromatic N) is 3. The molecule has 5 nitrogen and oxygen atoms in total. The van der Waals surface area contributed by atoms with Gasteiger partial charge in [-0.1, -0.05) is 6.07 Å². The number of fused-ring (bicyclic) bond motifs is 1. The summed E-state index contributed by atoms with van der Waals surface area (Å²) in [6, 6.07) is 3.97. The van der Waals surface area contributed by atoms with Crippen molar-refractivity contribution in [2.24, 2.45) is 5.92 Å². The first-order valence-electron chi connectivity index (χ1n) is 9.56. The van der Waals surface area contributed by atoms with Crippen molar-refractivity contribution in [2.75, 3.05) is 13.1 Å². The Bertz CT molecular complexity index is 802. The van der Waals surface area contributed by atoms with Crippen LogP contribution >= 0.6 is 0 Å². The van der Waals surface area contributed by atoms with Crippen LogP contribution in [0, 0.1) is 17.6 Å². The smallest absolute Gasteiger partial charge is 0.223 e. The van der Waals surface area contributed by atoms with Crippen molar-refractivity contribution in [3.63, 3.8) is 0 Å². The van der Waals surface area contributed by atoms with Gasteiger partial charge in [-0.15, -0.1) is 0 Å². The quantitative estimate of drug-likeness (QED) is 0.895. The number of hydrogen-bond donors (Lipinski definition) is 1. The van der Waals surface area contributed by atoms with Crippen LogP contribution in [0.15, 0.2) is 30.6 Å². The van der Waals surface area contributed by atoms with E-state index >= 15 is 0 Å². The van der Waals surface area contributed by atoms with Gasteiger partial charge in [0.05, 0.1) is 0 Å². The van der Waals surface area contributed by atoms with Crippen molar-refractivity contribution >= 4 is 5.91 Å². The number of imidazole rings is 1. The number of carbonyl (C=O) groups is 1. The average molecular weight is 374 g/mol. The van der Waals surface area contributed by atoms with Gasteiger partial charge in [0.2, 0.25) is 5.91 Å². The number of hydrogen-bond acceptors (Lipinski definition) is 3. The molecule has 1 saturated heterocycles. The monoisotopic (exact) mass is 374 g/mol. The Labute approximate surface area is 157 Å². The summed E-state index contributed by atoms with van der Waals surface area (Å²) in [6.45, 7) is 2.43. The lowest BCUT2D eigenvalue weighted by atomic mass is 9.95. The molecular weight excluding hydrogens is 350 g/mol. The predicted molar refractivity (Wildman–Crippen MR) is 96.8 cm³/mol. The minimum Gasteiger partial charge on any atom is -0.352 e. The summed E-state index contributed by atoms with van der Waals surface area (Å²) in [5.41, 5.74) is 0.101. The SMILES string of the molecule is O=C(NC1CCCN(Cc2c(F)cccc2F)C1)C1CCn2ccnc2C1. The molecule has 3 heterocycles. The fourth-order valence-corrected chi connectivity index (χ4v) is 4.12. The Morgan fingerprint density at radius 2 is 2.04 bits per heavy atom. The Hall–Kier alpha value is -2.28. The maximum absolute atomic E-state index is 13.9. The molecule has 0 radical (unpaired) electrons. The summed E-state index contributed by atoms with van der Waals surface area (Å²) in [5.74, 6) is -0.0631. The van der Waals surface area contributed by atoms with E-state index in [0.29, 0.717) is 13.0 Å². The van der Waals surface area contributed by atoms with Crippen LogP contribution in [-0.4, -0.2) is 39.5 Å². The first-order valence-corrected chi connectivity index (χ1v) is 9.56. The van der Waals surface area contributed by atoms with Crippen LogP contribution in [0.25, 0.3) is 0 Å². The average Bonchev–Trinajstić information content (AvgIpc) is 3.13. The number of aromatic nitrogens is 2. The Morgan fingerprint density at radius 3 is 2.85 bits per heavy atom. The molecule has 0 bridgehead atoms. The van der Waals surface area contributed by atoms with Crippen molar-refractivity contribution in [2.45, 2.75) is 44.8 Å². The van der Waals surface area contributed by atoms with Gasteiger partial charge in [-0.25, -0.2) is 13.8 Å². The second-order valence-corrected chi connectivity index (χ2v) is 7.51. The number of piperidine rings is 1. The van der Waals surface area contributed by atoms with Crippen LogP contribution in [0.1, 0.15) is 30.7 Å². The summed E-state index contributed by atoms with van der Waals surface area (Å²) in [6.07, 6.45) is 6.99. The predicted octanol–water partition coefficient (Wildman–Crippen LogP) is 2.50. The van der Waals surface area contributed by atoms with E-state index in [1.807, 2.05) is 11.1 Å². The first-order chi connectivity index (χ1) is 13.1. The van der Waals surface area contributed by atoms with Crippen molar-refractivity contribution in [3.8, 4) is 0 Å². The number of halogens is 2. The van der Waals surface area contributed by atoms with Gasteiger partial charge in [-0.3, -0.25) is 9.69 Å². The summed E-state index contributed by atoms with van der Waals surface area (Å²) in [5, 5.41) is 3.15. The third kappa shape index (κ3) is 4.03. The van der Waals surface area contributed by atoms with E-state index in [0.717, 1.165) is 38.2 Å². The van der Waals surface area contributed by atoms with E-state index < -0.39 is 11.6 Å². The van der Waals surface area contributed by atoms with E-state index in [2.05, 4.69) is 14.9 Å². The summed E-state index contributed by atoms with van der Waals surface area (Å²) in [4.78, 5) is 19.0. The van der Waals surface area contributed by atoms with Crippen LogP contribution in [0.3, 0.4) is 0 Å². The highest BCUT2D eigenvalue weighted by Crippen LogP contribution is 2.21. The lowest BCUT2D eigenvalue weighted by molar-refractivity contribution is -0.126. The third-order valence-electron chi connectivity index (χ3n) is 5.62. The minimum atomic E-state index is -0.515. The van der Waals surface area contributed by atoms with Crippen molar-refractivity contribution in [1.82, 2.24) is 19.8 Å². The van der Waals surface area contributed by atoms with Crippen LogP contribution in [0.2, 0.25) is 0 Å². The van der Waals surface area contributed by atoms with E-state index in [4.69, 9.17) is 0 Å². The van der Waals surface area contributed by atoms with Crippen LogP contribution in [0.5, 0.6) is 0 Å². The van der Waals surface area contributed by atoms with Crippen molar-refractivity contribution < 1.29 is 13.6 Å². The number of carbonyl (C=O) groups excluding carboxylic acids is 1. The van der Waals surface area contributed by atoms with Gasteiger partial charge in [0.25, 0.3) is 0 Å². The maximum atomic E-state index is 13.9. The molecule has 1 fully saturated rings. The van der Waals surface area contributed by atoms with E-state index in [-0.39, 0.29) is 30.0 Å². The molecule has 0 spiro atoms. The zero-order chi connectivity index (χ0) is 18.8. The van der Waals surface area contributed by atoms with Crippen LogP contribution < -0.4 is 5.32 Å². The number of likely N-dealkylation sites (tertiary alicyclic amines) is 1. The lowest BCUT2D eigenvalue weighted by Gasteiger charge is -2.34. The lowest BCUT2D eigenvalue weighted by Crippen LogP contribution is -2.49. The topological polar surface area (TPSA) is 50.2 Å². The standard InChI is InChI=1S/C20H24F2N4O/c21-17-4-1-5-18(22)16(17)13-25-8-2-3-15(12-25)24-20(27)14-6-9-26-10-7-23-19(26)11-14/h1,4-5,7,10,14-15H,2-3,6,8-9,11-13H2,(H,24,27). The van der Waals surface area contributed by atoms with Gasteiger partial charge >= 0.3 is 0 Å². The van der Waals surface area contributed by atoms with Gasteiger partial charge in [0.1, 0.15) is 17.5 Å². The molecule has 1 N–H and O–H groups in total. The first kappa shape index (κ1) is 18.1. The molecule has 2 aliphatic rings. The molecule has 2 atom stereocenters. The second kappa shape index (κ2) is 7.76. The molecule has 1 aromatic heterocycles. The molecule has 1 amide bonds. The van der Waals surface area contributed by atoms with E-state index in [1.54, 1.807) is 6.20 Å². The van der Waals surface area contributed by atoms with Crippen molar-refractivity contribution in [3.05, 3.63) is 53.6 Å². The molecule has 0 saturated carbocycles. The van der Waals surface area contributed by atoms with E-state index in [1.165, 1.54) is 18.2 Å². The summed E-state index contributed by atoms with van der Waals surface area (Å²) < 4.78 is 29.9. The second-order valence-electron chi connectivity index (χ2n) is 7.51. The van der Waals surface area contributed by atoms with Gasteiger partial charge in [0, 0.05) is 56.0 Å². The highest BCUT2D eigenvalue weighted by atomic mass is 19.1. The Kier molecular flexibility index (Phi) is 5.20. The van der Waals surface area contributed by atoms with Crippen LogP contribution in [0.4, 0.5) is 8.78 Å². The molecule has 27 heavy (non-hydrogen) atoms. The number of amides is 1. The largest absolute Gasteiger partial charge is 0.352 e. The Morgan fingerprint density at radius 1 is 1.22 bits per heavy atom. The van der Waals surface area contributed by atoms with Gasteiger partial charge in [0.15, 0.2) is 0 Å². The zero-order valence-corrected chi connectivity index (χ0v) is 15.2. The van der Waals surface area contributed by atoms with Gasteiger partial charge in [-0.05, 0) is 37.9 Å². The Balaban J connectivity index is 1.34. The molecule has 7 heteroatoms. The van der Waals surface area contributed by atoms with Gasteiger partial charge in [-0.2, -0.15) is 0 Å². The van der Waals surface area contributed by atoms with Crippen molar-refractivity contribution in [1.29, 1.82) is 0 Å². The number of rotatable bonds is 4. The molecule has 2 unspecified atom stereocenters. The maximum Gasteiger partial charge on any atom is 0.223 e. The molecular formula is C20H24F2N4O. The highest BCUT2D eigenvalue weighted by Gasteiger charge is 2.29. The fourth-order valence-electron chi connectivity index (χ4n) is 4.12. The molecule has 2 aromatic rings. The normalized spacial score (nSPS) is 23.0. The molecule has 4 rings (SSSR count). The summed E-state index contributed by atoms with van der Waals surface area (Å²) in [7, 11) is 0. The summed E-state index contributed by atoms with van der Waals surface area (Å²) >= 11 is 0. The molecule has 2 aliphatic heterocycles. The fraction of sp³-hybridized carbons (Fsp3) is 0.500. The molecule has 0 aliphatic carbocycles. The van der Waals surface area contributed by atoms with Gasteiger partial charge < -0.3 is 9.88 Å². The molecule has 1 aromatic carbocycles. The zero-order valence-electron chi connectivity index (χ0n) is 15.2. The number of benzene rings is 1. The van der Waals surface area contributed by atoms with Crippen LogP contribution in [-0.2, 0) is 24.3 Å².